The summed E-state index contributed by atoms with van der Waals surface area (Å²) in [7, 11) is 0. The zero-order valence-electron chi connectivity index (χ0n) is 14.6. The number of hydrogen-bond acceptors (Lipinski definition) is 6. The van der Waals surface area contributed by atoms with Crippen LogP contribution in [0.5, 0.6) is 0 Å². The molecule has 0 aliphatic carbocycles. The molecule has 1 aromatic heterocycles. The third-order valence-corrected chi connectivity index (χ3v) is 5.41. The molecule has 1 atom stereocenters. The van der Waals surface area contributed by atoms with Crippen molar-refractivity contribution < 1.29 is 9.47 Å². The lowest BCUT2D eigenvalue weighted by Crippen LogP contribution is -2.47. The molecular formula is C18H28N4O2. The summed E-state index contributed by atoms with van der Waals surface area (Å²) in [6, 6.07) is 2.78. The highest BCUT2D eigenvalue weighted by atomic mass is 16.5. The second kappa shape index (κ2) is 7.33. The van der Waals surface area contributed by atoms with E-state index in [1.165, 1.54) is 12.8 Å². The third kappa shape index (κ3) is 3.55. The molecule has 132 valence electrons. The fraction of sp³-hybridized carbons (Fsp3) is 0.778. The number of anilines is 1. The third-order valence-electron chi connectivity index (χ3n) is 5.41. The lowest BCUT2D eigenvalue weighted by molar-refractivity contribution is -0.0647. The molecule has 4 rings (SSSR count). The minimum Gasteiger partial charge on any atom is -0.381 e. The molecule has 3 aliphatic rings. The van der Waals surface area contributed by atoms with Gasteiger partial charge >= 0.3 is 0 Å². The fourth-order valence-corrected chi connectivity index (χ4v) is 4.08. The van der Waals surface area contributed by atoms with Crippen molar-refractivity contribution in [1.82, 2.24) is 14.9 Å². The first-order valence-corrected chi connectivity index (χ1v) is 9.33. The first-order valence-electron chi connectivity index (χ1n) is 9.33. The van der Waals surface area contributed by atoms with E-state index in [4.69, 9.17) is 14.5 Å². The Hall–Kier alpha value is -1.24. The number of nitrogens with zero attached hydrogens (tertiary/aromatic N) is 4. The van der Waals surface area contributed by atoms with Crippen molar-refractivity contribution in [2.24, 2.45) is 0 Å². The van der Waals surface area contributed by atoms with Gasteiger partial charge in [-0.05, 0) is 32.6 Å². The molecule has 0 unspecified atom stereocenters. The zero-order valence-corrected chi connectivity index (χ0v) is 14.6. The van der Waals surface area contributed by atoms with Gasteiger partial charge in [0.2, 0.25) is 0 Å². The van der Waals surface area contributed by atoms with Crippen molar-refractivity contribution in [3.63, 3.8) is 0 Å². The van der Waals surface area contributed by atoms with Gasteiger partial charge in [0.05, 0.1) is 12.3 Å². The molecular weight excluding hydrogens is 304 g/mol. The summed E-state index contributed by atoms with van der Waals surface area (Å²) in [5, 5.41) is 0. The van der Waals surface area contributed by atoms with Crippen LogP contribution in [0, 0.1) is 6.92 Å². The van der Waals surface area contributed by atoms with Gasteiger partial charge in [-0.2, -0.15) is 0 Å². The van der Waals surface area contributed by atoms with Crippen molar-refractivity contribution in [3.05, 3.63) is 17.6 Å². The molecule has 0 aromatic carbocycles. The van der Waals surface area contributed by atoms with Gasteiger partial charge in [-0.25, -0.2) is 9.97 Å². The SMILES string of the molecule is Cc1nc([C@H]2CN(C3CCOCC3)CCO2)cc(N2CCCC2)n1. The lowest BCUT2D eigenvalue weighted by Gasteiger charge is -2.39. The Labute approximate surface area is 144 Å². The molecule has 3 fully saturated rings. The van der Waals surface area contributed by atoms with Gasteiger partial charge < -0.3 is 14.4 Å². The van der Waals surface area contributed by atoms with E-state index in [2.05, 4.69) is 20.9 Å². The van der Waals surface area contributed by atoms with E-state index in [1.54, 1.807) is 0 Å². The molecule has 24 heavy (non-hydrogen) atoms. The standard InChI is InChI=1S/C18H28N4O2/c1-14-19-16(12-18(20-14)21-6-2-3-7-21)17-13-22(8-11-24-17)15-4-9-23-10-5-15/h12,15,17H,2-11,13H2,1H3/t17-/m1/s1. The number of aryl methyl sites for hydroxylation is 1. The van der Waals surface area contributed by atoms with Crippen molar-refractivity contribution in [2.45, 2.75) is 44.8 Å². The predicted octanol–water partition coefficient (Wildman–Crippen LogP) is 1.94. The molecule has 0 spiro atoms. The molecule has 3 aliphatic heterocycles. The number of ether oxygens (including phenoxy) is 2. The van der Waals surface area contributed by atoms with Gasteiger partial charge in [-0.3, -0.25) is 4.90 Å². The highest BCUT2D eigenvalue weighted by Gasteiger charge is 2.30. The number of morpholine rings is 1. The first-order chi connectivity index (χ1) is 11.8. The van der Waals surface area contributed by atoms with Crippen LogP contribution in [0.3, 0.4) is 0 Å². The van der Waals surface area contributed by atoms with Crippen LogP contribution in [0.15, 0.2) is 6.07 Å². The second-order valence-corrected chi connectivity index (χ2v) is 7.09. The maximum Gasteiger partial charge on any atom is 0.132 e. The van der Waals surface area contributed by atoms with E-state index >= 15 is 0 Å². The fourth-order valence-electron chi connectivity index (χ4n) is 4.08. The van der Waals surface area contributed by atoms with Crippen LogP contribution in [0.4, 0.5) is 5.82 Å². The molecule has 6 nitrogen and oxygen atoms in total. The lowest BCUT2D eigenvalue weighted by atomic mass is 10.0. The van der Waals surface area contributed by atoms with Gasteiger partial charge in [-0.1, -0.05) is 0 Å². The van der Waals surface area contributed by atoms with Gasteiger partial charge in [0.1, 0.15) is 17.7 Å². The van der Waals surface area contributed by atoms with Gasteiger partial charge in [0.15, 0.2) is 0 Å². The molecule has 0 amide bonds. The van der Waals surface area contributed by atoms with Crippen LogP contribution < -0.4 is 4.90 Å². The maximum atomic E-state index is 6.08. The van der Waals surface area contributed by atoms with Crippen molar-refractivity contribution in [2.75, 3.05) is 50.9 Å². The molecule has 3 saturated heterocycles. The van der Waals surface area contributed by atoms with Crippen molar-refractivity contribution in [1.29, 1.82) is 0 Å². The van der Waals surface area contributed by atoms with Crippen molar-refractivity contribution in [3.8, 4) is 0 Å². The Balaban J connectivity index is 1.49. The summed E-state index contributed by atoms with van der Waals surface area (Å²) in [6.07, 6.45) is 4.85. The van der Waals surface area contributed by atoms with E-state index in [1.807, 2.05) is 6.92 Å². The average molecular weight is 332 g/mol. The molecule has 0 N–H and O–H groups in total. The van der Waals surface area contributed by atoms with Gasteiger partial charge in [-0.15, -0.1) is 0 Å². The quantitative estimate of drug-likeness (QED) is 0.843. The van der Waals surface area contributed by atoms with Crippen LogP contribution in [-0.4, -0.2) is 66.9 Å². The zero-order chi connectivity index (χ0) is 16.4. The minimum atomic E-state index is 0.0599. The summed E-state index contributed by atoms with van der Waals surface area (Å²) in [6.45, 7) is 8.71. The number of hydrogen-bond donors (Lipinski definition) is 0. The summed E-state index contributed by atoms with van der Waals surface area (Å²) < 4.78 is 11.6. The van der Waals surface area contributed by atoms with E-state index in [0.29, 0.717) is 6.04 Å². The van der Waals surface area contributed by atoms with E-state index in [-0.39, 0.29) is 6.10 Å². The molecule has 4 heterocycles. The molecule has 0 radical (unpaired) electrons. The van der Waals surface area contributed by atoms with Crippen LogP contribution in [0.25, 0.3) is 0 Å². The van der Waals surface area contributed by atoms with Crippen LogP contribution in [-0.2, 0) is 9.47 Å². The van der Waals surface area contributed by atoms with Crippen LogP contribution in [0.2, 0.25) is 0 Å². The first kappa shape index (κ1) is 16.2. The Kier molecular flexibility index (Phi) is 4.96. The second-order valence-electron chi connectivity index (χ2n) is 7.09. The molecule has 0 bridgehead atoms. The number of aromatic nitrogens is 2. The molecule has 0 saturated carbocycles. The van der Waals surface area contributed by atoms with Crippen molar-refractivity contribution >= 4 is 5.82 Å². The average Bonchev–Trinajstić information content (AvgIpc) is 3.17. The summed E-state index contributed by atoms with van der Waals surface area (Å²) in [5.41, 5.74) is 1.04. The summed E-state index contributed by atoms with van der Waals surface area (Å²) >= 11 is 0. The smallest absolute Gasteiger partial charge is 0.132 e. The molecule has 1 aromatic rings. The largest absolute Gasteiger partial charge is 0.381 e. The van der Waals surface area contributed by atoms with Gasteiger partial charge in [0, 0.05) is 51.5 Å². The normalized spacial score (nSPS) is 26.9. The highest BCUT2D eigenvalue weighted by molar-refractivity contribution is 5.41. The molecule has 6 heteroatoms. The van der Waals surface area contributed by atoms with Crippen LogP contribution in [0.1, 0.15) is 43.3 Å². The Morgan fingerprint density at radius 1 is 1.04 bits per heavy atom. The van der Waals surface area contributed by atoms with E-state index in [0.717, 1.165) is 76.2 Å². The van der Waals surface area contributed by atoms with E-state index in [9.17, 15) is 0 Å². The monoisotopic (exact) mass is 332 g/mol. The highest BCUT2D eigenvalue weighted by Crippen LogP contribution is 2.27. The predicted molar refractivity (Wildman–Crippen MR) is 92.3 cm³/mol. The Morgan fingerprint density at radius 2 is 1.83 bits per heavy atom. The van der Waals surface area contributed by atoms with E-state index < -0.39 is 0 Å². The van der Waals surface area contributed by atoms with Crippen LogP contribution >= 0.6 is 0 Å². The minimum absolute atomic E-state index is 0.0599. The Bertz CT molecular complexity index is 556. The number of rotatable bonds is 3. The summed E-state index contributed by atoms with van der Waals surface area (Å²) in [5.74, 6) is 1.92. The van der Waals surface area contributed by atoms with Gasteiger partial charge in [0.25, 0.3) is 0 Å². The maximum absolute atomic E-state index is 6.08. The summed E-state index contributed by atoms with van der Waals surface area (Å²) in [4.78, 5) is 14.3. The topological polar surface area (TPSA) is 50.7 Å². The Morgan fingerprint density at radius 3 is 2.62 bits per heavy atom.